The Kier molecular flexibility index (Phi) is 4.24. The van der Waals surface area contributed by atoms with E-state index in [0.29, 0.717) is 23.5 Å². The first-order chi connectivity index (χ1) is 9.70. The van der Waals surface area contributed by atoms with Crippen LogP contribution in [0, 0.1) is 0 Å². The Bertz CT molecular complexity index is 599. The summed E-state index contributed by atoms with van der Waals surface area (Å²) in [5.74, 6) is 1.31. The smallest absolute Gasteiger partial charge is 0.219 e. The fourth-order valence-electron chi connectivity index (χ4n) is 1.80. The van der Waals surface area contributed by atoms with E-state index in [1.807, 2.05) is 30.3 Å². The van der Waals surface area contributed by atoms with Gasteiger partial charge < -0.3 is 10.1 Å². The number of benzene rings is 1. The molecule has 5 heteroatoms. The summed E-state index contributed by atoms with van der Waals surface area (Å²) in [6.45, 7) is 0.682. The third-order valence-corrected chi connectivity index (χ3v) is 3.94. The highest BCUT2D eigenvalue weighted by Crippen LogP contribution is 2.25. The molecule has 0 unspecified atom stereocenters. The van der Waals surface area contributed by atoms with E-state index in [4.69, 9.17) is 16.3 Å². The second-order valence-corrected chi connectivity index (χ2v) is 6.11. The molecule has 0 bridgehead atoms. The first-order valence-electron chi connectivity index (χ1n) is 6.53. The molecule has 3 nitrogen and oxygen atoms in total. The molecule has 3 rings (SSSR count). The Hall–Kier alpha value is -1.10. The number of hydrogen-bond donors (Lipinski definition) is 1. The zero-order valence-electron chi connectivity index (χ0n) is 10.8. The molecular formula is C15H14BrClN2O. The quantitative estimate of drug-likeness (QED) is 0.857. The third-order valence-electron chi connectivity index (χ3n) is 3.06. The minimum absolute atomic E-state index is 0.560. The van der Waals surface area contributed by atoms with Gasteiger partial charge in [0.25, 0.3) is 0 Å². The Morgan fingerprint density at radius 1 is 1.20 bits per heavy atom. The predicted molar refractivity (Wildman–Crippen MR) is 83.3 cm³/mol. The predicted octanol–water partition coefficient (Wildman–Crippen LogP) is 4.54. The van der Waals surface area contributed by atoms with Gasteiger partial charge in [-0.3, -0.25) is 0 Å². The maximum absolute atomic E-state index is 6.16. The number of nitrogens with one attached hydrogen (secondary N) is 1. The van der Waals surface area contributed by atoms with Crippen molar-refractivity contribution >= 4 is 27.5 Å². The Morgan fingerprint density at radius 2 is 1.95 bits per heavy atom. The summed E-state index contributed by atoms with van der Waals surface area (Å²) in [7, 11) is 0. The van der Waals surface area contributed by atoms with Crippen LogP contribution in [-0.2, 0) is 6.54 Å². The summed E-state index contributed by atoms with van der Waals surface area (Å²) in [4.78, 5) is 4.46. The highest BCUT2D eigenvalue weighted by atomic mass is 79.9. The first kappa shape index (κ1) is 13.9. The van der Waals surface area contributed by atoms with E-state index in [9.17, 15) is 0 Å². The zero-order valence-corrected chi connectivity index (χ0v) is 13.1. The van der Waals surface area contributed by atoms with Crippen molar-refractivity contribution in [2.24, 2.45) is 0 Å². The van der Waals surface area contributed by atoms with Gasteiger partial charge in [-0.25, -0.2) is 4.98 Å². The average Bonchev–Trinajstić information content (AvgIpc) is 3.26. The van der Waals surface area contributed by atoms with Gasteiger partial charge in [0.15, 0.2) is 0 Å². The topological polar surface area (TPSA) is 34.1 Å². The largest absolute Gasteiger partial charge is 0.439 e. The van der Waals surface area contributed by atoms with Gasteiger partial charge in [-0.2, -0.15) is 0 Å². The van der Waals surface area contributed by atoms with E-state index >= 15 is 0 Å². The molecular weight excluding hydrogens is 340 g/mol. The molecule has 20 heavy (non-hydrogen) atoms. The van der Waals surface area contributed by atoms with Crippen molar-refractivity contribution in [2.45, 2.75) is 25.4 Å². The van der Waals surface area contributed by atoms with Crippen molar-refractivity contribution in [3.05, 3.63) is 51.6 Å². The van der Waals surface area contributed by atoms with Crippen molar-refractivity contribution in [1.29, 1.82) is 0 Å². The molecule has 1 aromatic carbocycles. The Morgan fingerprint density at radius 3 is 2.65 bits per heavy atom. The molecule has 0 spiro atoms. The second-order valence-electron chi connectivity index (χ2n) is 4.79. The Labute approximate surface area is 131 Å². The number of aromatic nitrogens is 1. The molecule has 1 N–H and O–H groups in total. The molecule has 2 aromatic rings. The van der Waals surface area contributed by atoms with Crippen molar-refractivity contribution in [1.82, 2.24) is 10.3 Å². The Balaban J connectivity index is 1.71. The molecule has 1 fully saturated rings. The van der Waals surface area contributed by atoms with Crippen LogP contribution in [0.1, 0.15) is 18.5 Å². The van der Waals surface area contributed by atoms with Crippen LogP contribution in [-0.4, -0.2) is 11.0 Å². The summed E-state index contributed by atoms with van der Waals surface area (Å²) >= 11 is 9.55. The average molecular weight is 354 g/mol. The van der Waals surface area contributed by atoms with Gasteiger partial charge in [0.05, 0.1) is 10.7 Å². The molecule has 1 aliphatic rings. The lowest BCUT2D eigenvalue weighted by Gasteiger charge is -2.09. The first-order valence-corrected chi connectivity index (χ1v) is 7.70. The summed E-state index contributed by atoms with van der Waals surface area (Å²) in [6.07, 6.45) is 2.49. The second kappa shape index (κ2) is 6.12. The van der Waals surface area contributed by atoms with Gasteiger partial charge in [0.1, 0.15) is 5.75 Å². The van der Waals surface area contributed by atoms with E-state index in [1.54, 1.807) is 6.07 Å². The summed E-state index contributed by atoms with van der Waals surface area (Å²) in [5, 5.41) is 4.07. The monoisotopic (exact) mass is 352 g/mol. The van der Waals surface area contributed by atoms with Gasteiger partial charge in [-0.1, -0.05) is 27.5 Å². The molecule has 1 heterocycles. The van der Waals surface area contributed by atoms with E-state index in [-0.39, 0.29) is 0 Å². The standard InChI is InChI=1S/C15H14BrClN2O/c16-10-1-5-12(6-2-10)20-15-8-7-13(17)14(19-15)9-18-11-3-4-11/h1-2,5-8,11,18H,3-4,9H2. The zero-order chi connectivity index (χ0) is 13.9. The minimum Gasteiger partial charge on any atom is -0.439 e. The summed E-state index contributed by atoms with van der Waals surface area (Å²) in [6, 6.07) is 11.9. The van der Waals surface area contributed by atoms with Crippen LogP contribution in [0.5, 0.6) is 11.6 Å². The maximum atomic E-state index is 6.16. The van der Waals surface area contributed by atoms with E-state index in [2.05, 4.69) is 26.2 Å². The van der Waals surface area contributed by atoms with Crippen LogP contribution in [0.15, 0.2) is 40.9 Å². The number of rotatable bonds is 5. The lowest BCUT2D eigenvalue weighted by molar-refractivity contribution is 0.459. The molecule has 104 valence electrons. The molecule has 0 saturated heterocycles. The normalized spacial score (nSPS) is 14.3. The molecule has 1 aromatic heterocycles. The highest BCUT2D eigenvalue weighted by Gasteiger charge is 2.20. The van der Waals surface area contributed by atoms with Crippen molar-refractivity contribution in [3.8, 4) is 11.6 Å². The molecule has 0 radical (unpaired) electrons. The van der Waals surface area contributed by atoms with E-state index in [1.165, 1.54) is 12.8 Å². The fraction of sp³-hybridized carbons (Fsp3) is 0.267. The van der Waals surface area contributed by atoms with E-state index < -0.39 is 0 Å². The molecule has 0 amide bonds. The lowest BCUT2D eigenvalue weighted by Crippen LogP contribution is -2.16. The van der Waals surface area contributed by atoms with Crippen molar-refractivity contribution in [3.63, 3.8) is 0 Å². The van der Waals surface area contributed by atoms with Crippen LogP contribution >= 0.6 is 27.5 Å². The highest BCUT2D eigenvalue weighted by molar-refractivity contribution is 9.10. The lowest BCUT2D eigenvalue weighted by atomic mass is 10.3. The van der Waals surface area contributed by atoms with Crippen LogP contribution in [0.25, 0.3) is 0 Å². The van der Waals surface area contributed by atoms with E-state index in [0.717, 1.165) is 15.9 Å². The molecule has 1 saturated carbocycles. The van der Waals surface area contributed by atoms with Gasteiger partial charge in [-0.05, 0) is 43.2 Å². The van der Waals surface area contributed by atoms with Gasteiger partial charge >= 0.3 is 0 Å². The number of pyridine rings is 1. The number of hydrogen-bond acceptors (Lipinski definition) is 3. The third kappa shape index (κ3) is 3.72. The number of nitrogens with zero attached hydrogens (tertiary/aromatic N) is 1. The number of ether oxygens (including phenoxy) is 1. The summed E-state index contributed by atoms with van der Waals surface area (Å²) < 4.78 is 6.75. The summed E-state index contributed by atoms with van der Waals surface area (Å²) in [5.41, 5.74) is 0.827. The molecule has 0 atom stereocenters. The SMILES string of the molecule is Clc1ccc(Oc2ccc(Br)cc2)nc1CNC1CC1. The van der Waals surface area contributed by atoms with Crippen LogP contribution in [0.2, 0.25) is 5.02 Å². The minimum atomic E-state index is 0.560. The van der Waals surface area contributed by atoms with Gasteiger partial charge in [0, 0.05) is 23.1 Å². The molecule has 0 aliphatic heterocycles. The van der Waals surface area contributed by atoms with Crippen molar-refractivity contribution < 1.29 is 4.74 Å². The maximum Gasteiger partial charge on any atom is 0.219 e. The van der Waals surface area contributed by atoms with Gasteiger partial charge in [-0.15, -0.1) is 0 Å². The van der Waals surface area contributed by atoms with Crippen LogP contribution < -0.4 is 10.1 Å². The van der Waals surface area contributed by atoms with Crippen LogP contribution in [0.4, 0.5) is 0 Å². The van der Waals surface area contributed by atoms with Gasteiger partial charge in [0.2, 0.25) is 5.88 Å². The van der Waals surface area contributed by atoms with Crippen LogP contribution in [0.3, 0.4) is 0 Å². The molecule has 1 aliphatic carbocycles. The van der Waals surface area contributed by atoms with Crippen molar-refractivity contribution in [2.75, 3.05) is 0 Å². The fourth-order valence-corrected chi connectivity index (χ4v) is 2.23. The number of halogens is 2.